The van der Waals surface area contributed by atoms with Gasteiger partial charge in [0.05, 0.1) is 6.42 Å². The van der Waals surface area contributed by atoms with Gasteiger partial charge in [-0.2, -0.15) is 0 Å². The van der Waals surface area contributed by atoms with Gasteiger partial charge in [0.25, 0.3) is 0 Å². The number of nitrogens with zero attached hydrogens (tertiary/aromatic N) is 1. The smallest absolute Gasteiger partial charge is 0.304 e. The number of rotatable bonds is 7. The van der Waals surface area contributed by atoms with Crippen LogP contribution in [0.4, 0.5) is 0 Å². The average molecular weight is 284 g/mol. The van der Waals surface area contributed by atoms with Gasteiger partial charge in [0.2, 0.25) is 0 Å². The summed E-state index contributed by atoms with van der Waals surface area (Å²) in [5, 5.41) is 21.4. The molecule has 0 saturated carbocycles. The van der Waals surface area contributed by atoms with Gasteiger partial charge in [-0.3, -0.25) is 14.5 Å². The zero-order valence-corrected chi connectivity index (χ0v) is 11.8. The van der Waals surface area contributed by atoms with E-state index in [2.05, 4.69) is 10.2 Å². The van der Waals surface area contributed by atoms with E-state index in [0.29, 0.717) is 19.0 Å². The minimum absolute atomic E-state index is 0.127. The van der Waals surface area contributed by atoms with Crippen LogP contribution in [0.25, 0.3) is 0 Å². The highest BCUT2D eigenvalue weighted by Gasteiger charge is 2.47. The van der Waals surface area contributed by atoms with Gasteiger partial charge in [0, 0.05) is 24.5 Å². The Balaban J connectivity index is 2.10. The van der Waals surface area contributed by atoms with E-state index in [0.717, 1.165) is 38.8 Å². The van der Waals surface area contributed by atoms with Crippen molar-refractivity contribution in [2.75, 3.05) is 19.6 Å². The van der Waals surface area contributed by atoms with Crippen LogP contribution in [-0.2, 0) is 9.59 Å². The topological polar surface area (TPSA) is 89.9 Å². The number of hydrogen-bond donors (Lipinski definition) is 3. The van der Waals surface area contributed by atoms with Crippen LogP contribution >= 0.6 is 0 Å². The zero-order valence-electron chi connectivity index (χ0n) is 11.8. The Morgan fingerprint density at radius 3 is 2.55 bits per heavy atom. The van der Waals surface area contributed by atoms with Crippen molar-refractivity contribution in [3.63, 3.8) is 0 Å². The monoisotopic (exact) mass is 284 g/mol. The van der Waals surface area contributed by atoms with Crippen molar-refractivity contribution in [1.82, 2.24) is 10.2 Å². The van der Waals surface area contributed by atoms with Crippen molar-refractivity contribution in [3.8, 4) is 0 Å². The van der Waals surface area contributed by atoms with Crippen LogP contribution in [0.1, 0.15) is 44.9 Å². The summed E-state index contributed by atoms with van der Waals surface area (Å²) < 4.78 is 0. The molecule has 6 nitrogen and oxygen atoms in total. The maximum Gasteiger partial charge on any atom is 0.304 e. The molecule has 2 saturated heterocycles. The van der Waals surface area contributed by atoms with Gasteiger partial charge in [-0.05, 0) is 45.2 Å². The van der Waals surface area contributed by atoms with Crippen LogP contribution < -0.4 is 5.32 Å². The lowest BCUT2D eigenvalue weighted by molar-refractivity contribution is -0.139. The van der Waals surface area contributed by atoms with E-state index < -0.39 is 11.9 Å². The minimum atomic E-state index is -0.789. The van der Waals surface area contributed by atoms with E-state index in [1.807, 2.05) is 0 Å². The highest BCUT2D eigenvalue weighted by atomic mass is 16.4. The van der Waals surface area contributed by atoms with E-state index in [9.17, 15) is 9.59 Å². The van der Waals surface area contributed by atoms with Crippen LogP contribution in [-0.4, -0.2) is 58.3 Å². The quantitative estimate of drug-likeness (QED) is 0.644. The van der Waals surface area contributed by atoms with Crippen LogP contribution in [0.2, 0.25) is 0 Å². The molecule has 0 bridgehead atoms. The molecule has 2 heterocycles. The van der Waals surface area contributed by atoms with E-state index in [4.69, 9.17) is 10.2 Å². The van der Waals surface area contributed by atoms with Crippen molar-refractivity contribution < 1.29 is 19.8 Å². The number of hydrogen-bond acceptors (Lipinski definition) is 4. The number of carboxylic acids is 2. The van der Waals surface area contributed by atoms with E-state index in [1.165, 1.54) is 0 Å². The number of aliphatic carboxylic acids is 2. The molecule has 0 aromatic heterocycles. The first-order chi connectivity index (χ1) is 9.54. The number of nitrogens with one attached hydrogen (secondary N) is 1. The van der Waals surface area contributed by atoms with Gasteiger partial charge >= 0.3 is 11.9 Å². The molecule has 6 heteroatoms. The molecule has 2 atom stereocenters. The predicted molar refractivity (Wildman–Crippen MR) is 73.7 cm³/mol. The third-order valence-electron chi connectivity index (χ3n) is 4.74. The third kappa shape index (κ3) is 3.30. The maximum absolute atomic E-state index is 11.0. The Labute approximate surface area is 119 Å². The van der Waals surface area contributed by atoms with Gasteiger partial charge in [-0.25, -0.2) is 0 Å². The van der Waals surface area contributed by atoms with Crippen LogP contribution in [0.5, 0.6) is 0 Å². The van der Waals surface area contributed by atoms with Crippen LogP contribution in [0.15, 0.2) is 0 Å². The fourth-order valence-electron chi connectivity index (χ4n) is 3.84. The number of likely N-dealkylation sites (tertiary alicyclic amines) is 1. The van der Waals surface area contributed by atoms with Gasteiger partial charge in [-0.1, -0.05) is 0 Å². The Morgan fingerprint density at radius 2 is 1.95 bits per heavy atom. The lowest BCUT2D eigenvalue weighted by atomic mass is 9.81. The summed E-state index contributed by atoms with van der Waals surface area (Å²) in [6.07, 6.45) is 5.06. The highest BCUT2D eigenvalue weighted by Crippen LogP contribution is 2.39. The van der Waals surface area contributed by atoms with Crippen molar-refractivity contribution >= 4 is 11.9 Å². The minimum Gasteiger partial charge on any atom is -0.481 e. The summed E-state index contributed by atoms with van der Waals surface area (Å²) in [4.78, 5) is 24.0. The number of carbonyl (C=O) groups is 2. The second-order valence-corrected chi connectivity index (χ2v) is 5.88. The summed E-state index contributed by atoms with van der Waals surface area (Å²) in [6.45, 7) is 2.38. The molecule has 2 fully saturated rings. The summed E-state index contributed by atoms with van der Waals surface area (Å²) in [5.74, 6) is -1.56. The third-order valence-corrected chi connectivity index (χ3v) is 4.74. The molecular formula is C14H24N2O4. The summed E-state index contributed by atoms with van der Waals surface area (Å²) >= 11 is 0. The van der Waals surface area contributed by atoms with Gasteiger partial charge in [0.15, 0.2) is 0 Å². The molecule has 2 aliphatic rings. The van der Waals surface area contributed by atoms with Crippen LogP contribution in [0, 0.1) is 0 Å². The van der Waals surface area contributed by atoms with Crippen molar-refractivity contribution in [3.05, 3.63) is 0 Å². The van der Waals surface area contributed by atoms with Gasteiger partial charge in [0.1, 0.15) is 0 Å². The Morgan fingerprint density at radius 1 is 1.20 bits per heavy atom. The second kappa shape index (κ2) is 6.54. The Bertz CT molecular complexity index is 368. The molecule has 2 aliphatic heterocycles. The second-order valence-electron chi connectivity index (χ2n) is 5.88. The highest BCUT2D eigenvalue weighted by molar-refractivity contribution is 5.67. The molecule has 2 unspecified atom stereocenters. The number of carboxylic acid groups (broad SMARTS) is 2. The van der Waals surface area contributed by atoms with Crippen molar-refractivity contribution in [1.29, 1.82) is 0 Å². The lowest BCUT2D eigenvalue weighted by Crippen LogP contribution is -2.57. The molecule has 20 heavy (non-hydrogen) atoms. The molecule has 0 amide bonds. The zero-order chi connectivity index (χ0) is 14.6. The molecule has 3 N–H and O–H groups in total. The van der Waals surface area contributed by atoms with E-state index >= 15 is 0 Å². The molecular weight excluding hydrogens is 260 g/mol. The first-order valence-corrected chi connectivity index (χ1v) is 7.46. The van der Waals surface area contributed by atoms with Gasteiger partial charge < -0.3 is 15.5 Å². The van der Waals surface area contributed by atoms with Crippen molar-refractivity contribution in [2.45, 2.75) is 56.5 Å². The summed E-state index contributed by atoms with van der Waals surface area (Å²) in [7, 11) is 0. The fraction of sp³-hybridized carbons (Fsp3) is 0.857. The molecule has 0 spiro atoms. The first-order valence-electron chi connectivity index (χ1n) is 7.46. The van der Waals surface area contributed by atoms with E-state index in [-0.39, 0.29) is 18.4 Å². The normalized spacial score (nSPS) is 30.7. The van der Waals surface area contributed by atoms with Gasteiger partial charge in [-0.15, -0.1) is 0 Å². The predicted octanol–water partition coefficient (Wildman–Crippen LogP) is 0.912. The molecule has 0 aromatic rings. The first kappa shape index (κ1) is 15.3. The average Bonchev–Trinajstić information content (AvgIpc) is 3.03. The summed E-state index contributed by atoms with van der Waals surface area (Å²) in [6, 6.07) is 0.304. The van der Waals surface area contributed by atoms with Crippen LogP contribution in [0.3, 0.4) is 0 Å². The SMILES string of the molecule is O=C(O)CCN1CCCC1(CCC(=O)O)C1CCCN1. The summed E-state index contributed by atoms with van der Waals surface area (Å²) in [5.41, 5.74) is -0.162. The standard InChI is InChI=1S/C14H24N2O4/c17-12(18)4-7-14(11-3-1-8-15-11)6-2-9-16(14)10-5-13(19)20/h11,15H,1-10H2,(H,17,18)(H,19,20). The van der Waals surface area contributed by atoms with E-state index in [1.54, 1.807) is 0 Å². The molecule has 0 aliphatic carbocycles. The Hall–Kier alpha value is -1.14. The molecule has 0 radical (unpaired) electrons. The molecule has 114 valence electrons. The Kier molecular flexibility index (Phi) is 4.99. The van der Waals surface area contributed by atoms with Crippen molar-refractivity contribution in [2.24, 2.45) is 0 Å². The molecule has 2 rings (SSSR count). The molecule has 0 aromatic carbocycles. The lowest BCUT2D eigenvalue weighted by Gasteiger charge is -2.43. The fourth-order valence-corrected chi connectivity index (χ4v) is 3.84. The largest absolute Gasteiger partial charge is 0.481 e. The maximum atomic E-state index is 11.0.